The Kier molecular flexibility index (Phi) is 10.7. The maximum atomic E-state index is 13.0. The van der Waals surface area contributed by atoms with E-state index >= 15 is 0 Å². The van der Waals surface area contributed by atoms with Crippen molar-refractivity contribution in [3.8, 4) is 0 Å². The second-order valence-corrected chi connectivity index (χ2v) is 10.3. The highest BCUT2D eigenvalue weighted by Crippen LogP contribution is 2.31. The summed E-state index contributed by atoms with van der Waals surface area (Å²) in [4.78, 5) is 22.7. The molecule has 0 aliphatic heterocycles. The fraction of sp³-hybridized carbons (Fsp3) is 0.364. The Labute approximate surface area is 205 Å². The highest BCUT2D eigenvalue weighted by molar-refractivity contribution is 9.10. The van der Waals surface area contributed by atoms with Gasteiger partial charge in [0, 0.05) is 22.3 Å². The van der Waals surface area contributed by atoms with Gasteiger partial charge in [0.25, 0.3) is 0 Å². The standard InChI is InChI=1S/C22H25BrFN3OS2.ClH/c1-26(2)12-4-13-27(22-25-19-11-6-16(23)15-20(19)30-22)21(28)5-3-14-29-18-9-7-17(24)8-10-18;/h6-11,15H,3-5,12-14H2,1-2H3;1H. The largest absolute Gasteiger partial charge is 0.309 e. The molecular formula is C22H26BrClFN3OS2. The fourth-order valence-corrected chi connectivity index (χ4v) is 5.37. The quantitative estimate of drug-likeness (QED) is 0.215. The van der Waals surface area contributed by atoms with Crippen molar-refractivity contribution in [2.75, 3.05) is 37.8 Å². The van der Waals surface area contributed by atoms with E-state index in [-0.39, 0.29) is 24.1 Å². The van der Waals surface area contributed by atoms with Gasteiger partial charge in [0.15, 0.2) is 5.13 Å². The molecule has 0 atom stereocenters. The molecule has 9 heteroatoms. The Morgan fingerprint density at radius 2 is 1.87 bits per heavy atom. The van der Waals surface area contributed by atoms with Crippen molar-refractivity contribution in [3.63, 3.8) is 0 Å². The van der Waals surface area contributed by atoms with Gasteiger partial charge in [-0.05, 0) is 81.7 Å². The molecule has 168 valence electrons. The summed E-state index contributed by atoms with van der Waals surface area (Å²) in [6, 6.07) is 12.5. The average molecular weight is 547 g/mol. The predicted octanol–water partition coefficient (Wildman–Crippen LogP) is 6.48. The van der Waals surface area contributed by atoms with Crippen LogP contribution in [0.2, 0.25) is 0 Å². The first kappa shape index (κ1) is 26.1. The van der Waals surface area contributed by atoms with Gasteiger partial charge in [-0.25, -0.2) is 9.37 Å². The summed E-state index contributed by atoms with van der Waals surface area (Å²) in [5, 5.41) is 0.762. The zero-order valence-corrected chi connectivity index (χ0v) is 21.6. The van der Waals surface area contributed by atoms with Crippen LogP contribution < -0.4 is 4.90 Å². The van der Waals surface area contributed by atoms with Gasteiger partial charge in [0.1, 0.15) is 5.82 Å². The first-order valence-electron chi connectivity index (χ1n) is 9.82. The zero-order valence-electron chi connectivity index (χ0n) is 17.5. The van der Waals surface area contributed by atoms with Gasteiger partial charge in [0.05, 0.1) is 10.2 Å². The summed E-state index contributed by atoms with van der Waals surface area (Å²) >= 11 is 6.70. The molecule has 0 saturated heterocycles. The Morgan fingerprint density at radius 1 is 1.13 bits per heavy atom. The number of hydrogen-bond donors (Lipinski definition) is 0. The first-order valence-corrected chi connectivity index (χ1v) is 12.4. The molecule has 31 heavy (non-hydrogen) atoms. The highest BCUT2D eigenvalue weighted by Gasteiger charge is 2.19. The van der Waals surface area contributed by atoms with Crippen LogP contribution in [0.1, 0.15) is 19.3 Å². The summed E-state index contributed by atoms with van der Waals surface area (Å²) < 4.78 is 15.1. The van der Waals surface area contributed by atoms with Crippen molar-refractivity contribution in [2.45, 2.75) is 24.2 Å². The van der Waals surface area contributed by atoms with Gasteiger partial charge in [0.2, 0.25) is 5.91 Å². The number of carbonyl (C=O) groups excluding carboxylic acids is 1. The zero-order chi connectivity index (χ0) is 21.5. The van der Waals surface area contributed by atoms with Crippen molar-refractivity contribution >= 4 is 72.7 Å². The topological polar surface area (TPSA) is 36.4 Å². The van der Waals surface area contributed by atoms with Crippen molar-refractivity contribution in [1.82, 2.24) is 9.88 Å². The number of thiazole rings is 1. The van der Waals surface area contributed by atoms with Gasteiger partial charge in [-0.15, -0.1) is 24.2 Å². The normalized spacial score (nSPS) is 11.0. The number of benzene rings is 2. The molecule has 0 N–H and O–H groups in total. The number of aromatic nitrogens is 1. The Hall–Kier alpha value is -1.19. The van der Waals surface area contributed by atoms with Crippen LogP contribution in [0, 0.1) is 5.82 Å². The van der Waals surface area contributed by atoms with Crippen LogP contribution in [0.5, 0.6) is 0 Å². The minimum Gasteiger partial charge on any atom is -0.309 e. The predicted molar refractivity (Wildman–Crippen MR) is 136 cm³/mol. The molecule has 1 amide bonds. The SMILES string of the molecule is CN(C)CCCN(C(=O)CCCSc1ccc(F)cc1)c1nc2ccc(Br)cc2s1.Cl. The van der Waals surface area contributed by atoms with Crippen molar-refractivity contribution < 1.29 is 9.18 Å². The lowest BCUT2D eigenvalue weighted by molar-refractivity contribution is -0.118. The van der Waals surface area contributed by atoms with Crippen molar-refractivity contribution in [3.05, 3.63) is 52.8 Å². The van der Waals surface area contributed by atoms with Crippen LogP contribution in [0.3, 0.4) is 0 Å². The fourth-order valence-electron chi connectivity index (χ4n) is 2.95. The third-order valence-corrected chi connectivity index (χ3v) is 7.11. The Morgan fingerprint density at radius 3 is 2.58 bits per heavy atom. The van der Waals surface area contributed by atoms with E-state index in [1.807, 2.05) is 37.2 Å². The lowest BCUT2D eigenvalue weighted by atomic mass is 10.3. The van der Waals surface area contributed by atoms with E-state index in [2.05, 4.69) is 20.8 Å². The second-order valence-electron chi connectivity index (χ2n) is 7.22. The van der Waals surface area contributed by atoms with Gasteiger partial charge in [-0.3, -0.25) is 9.69 Å². The molecule has 1 aromatic heterocycles. The van der Waals surface area contributed by atoms with Gasteiger partial charge in [-0.2, -0.15) is 0 Å². The van der Waals surface area contributed by atoms with Crippen LogP contribution in [-0.2, 0) is 4.79 Å². The van der Waals surface area contributed by atoms with E-state index in [1.54, 1.807) is 35.2 Å². The number of hydrogen-bond acceptors (Lipinski definition) is 5. The number of fused-ring (bicyclic) bond motifs is 1. The van der Waals surface area contributed by atoms with Crippen LogP contribution in [0.25, 0.3) is 10.2 Å². The molecule has 1 heterocycles. The molecule has 0 spiro atoms. The number of thioether (sulfide) groups is 1. The summed E-state index contributed by atoms with van der Waals surface area (Å²) in [5.74, 6) is 0.688. The molecule has 2 aromatic carbocycles. The van der Waals surface area contributed by atoms with Crippen LogP contribution >= 0.6 is 51.4 Å². The second kappa shape index (κ2) is 12.7. The number of amides is 1. The number of anilines is 1. The first-order chi connectivity index (χ1) is 14.4. The van der Waals surface area contributed by atoms with E-state index in [1.165, 1.54) is 12.1 Å². The van der Waals surface area contributed by atoms with E-state index in [9.17, 15) is 9.18 Å². The third kappa shape index (κ3) is 8.02. The molecule has 0 fully saturated rings. The number of nitrogens with zero attached hydrogens (tertiary/aromatic N) is 3. The lowest BCUT2D eigenvalue weighted by Gasteiger charge is -2.21. The number of carbonyl (C=O) groups is 1. The van der Waals surface area contributed by atoms with Crippen molar-refractivity contribution in [1.29, 1.82) is 0 Å². The minimum atomic E-state index is -0.231. The van der Waals surface area contributed by atoms with Crippen LogP contribution in [0.4, 0.5) is 9.52 Å². The highest BCUT2D eigenvalue weighted by atomic mass is 79.9. The minimum absolute atomic E-state index is 0. The summed E-state index contributed by atoms with van der Waals surface area (Å²) in [6.07, 6.45) is 2.12. The molecule has 4 nitrogen and oxygen atoms in total. The summed E-state index contributed by atoms with van der Waals surface area (Å²) in [6.45, 7) is 1.57. The molecule has 0 aliphatic carbocycles. The number of rotatable bonds is 10. The molecule has 0 aliphatic rings. The molecular weight excluding hydrogens is 521 g/mol. The monoisotopic (exact) mass is 545 g/mol. The molecule has 0 bridgehead atoms. The Balaban J connectivity index is 0.00000341. The van der Waals surface area contributed by atoms with Crippen LogP contribution in [-0.4, -0.2) is 48.7 Å². The molecule has 3 rings (SSSR count). The Bertz CT molecular complexity index is 985. The van der Waals surface area contributed by atoms with Crippen LogP contribution in [0.15, 0.2) is 51.8 Å². The summed E-state index contributed by atoms with van der Waals surface area (Å²) in [7, 11) is 4.07. The number of halogens is 3. The third-order valence-electron chi connectivity index (χ3n) is 4.48. The smallest absolute Gasteiger partial charge is 0.228 e. The van der Waals surface area contributed by atoms with Gasteiger partial charge in [-0.1, -0.05) is 27.3 Å². The summed E-state index contributed by atoms with van der Waals surface area (Å²) in [5.41, 5.74) is 0.912. The van der Waals surface area contributed by atoms with E-state index in [0.29, 0.717) is 13.0 Å². The molecule has 0 unspecified atom stereocenters. The van der Waals surface area contributed by atoms with E-state index in [0.717, 1.165) is 49.9 Å². The maximum Gasteiger partial charge on any atom is 0.228 e. The van der Waals surface area contributed by atoms with Gasteiger partial charge < -0.3 is 4.90 Å². The molecule has 0 saturated carbocycles. The van der Waals surface area contributed by atoms with Crippen molar-refractivity contribution in [2.24, 2.45) is 0 Å². The van der Waals surface area contributed by atoms with E-state index < -0.39 is 0 Å². The molecule has 0 radical (unpaired) electrons. The lowest BCUT2D eigenvalue weighted by Crippen LogP contribution is -2.33. The van der Waals surface area contributed by atoms with Gasteiger partial charge >= 0.3 is 0 Å². The average Bonchev–Trinajstić information content (AvgIpc) is 3.12. The molecule has 3 aromatic rings. The van der Waals surface area contributed by atoms with E-state index in [4.69, 9.17) is 4.98 Å². The maximum absolute atomic E-state index is 13.0.